The van der Waals surface area contributed by atoms with Crippen LogP contribution in [0.3, 0.4) is 0 Å². The zero-order valence-electron chi connectivity index (χ0n) is 12.1. The molecule has 2 rings (SSSR count). The molecule has 0 fully saturated rings. The summed E-state index contributed by atoms with van der Waals surface area (Å²) >= 11 is 5.00. The molecule has 0 heterocycles. The number of carbonyl (C=O) groups is 1. The number of amides is 1. The maximum Gasteiger partial charge on any atom is 0.270 e. The molecule has 0 radical (unpaired) electrons. The molecule has 7 nitrogen and oxygen atoms in total. The van der Waals surface area contributed by atoms with Crippen LogP contribution in [0.25, 0.3) is 0 Å². The van der Waals surface area contributed by atoms with E-state index in [0.717, 1.165) is 11.6 Å². The normalized spacial score (nSPS) is 9.96. The molecule has 0 spiro atoms. The Kier molecular flexibility index (Phi) is 4.87. The maximum atomic E-state index is 12.0. The molecule has 0 saturated carbocycles. The van der Waals surface area contributed by atoms with Crippen molar-refractivity contribution in [1.82, 2.24) is 5.32 Å². The van der Waals surface area contributed by atoms with Gasteiger partial charge in [-0.2, -0.15) is 0 Å². The van der Waals surface area contributed by atoms with Crippen LogP contribution in [-0.2, 0) is 0 Å². The second-order valence-electron chi connectivity index (χ2n) is 4.74. The van der Waals surface area contributed by atoms with Crippen LogP contribution >= 0.6 is 12.2 Å². The standard InChI is InChI=1S/C15H13N3O4S/c1-9-5-6-12(13(19)7-9)16-15(23)17-14(20)10-3-2-4-11(8-10)18(21)22/h2-8,19H,1H3,(H2,16,17,20,23). The van der Waals surface area contributed by atoms with Crippen molar-refractivity contribution in [3.8, 4) is 5.75 Å². The molecule has 0 aliphatic heterocycles. The highest BCUT2D eigenvalue weighted by Crippen LogP contribution is 2.23. The number of phenols is 1. The topological polar surface area (TPSA) is 104 Å². The molecule has 23 heavy (non-hydrogen) atoms. The molecule has 118 valence electrons. The van der Waals surface area contributed by atoms with Gasteiger partial charge in [-0.25, -0.2) is 0 Å². The molecule has 0 saturated heterocycles. The van der Waals surface area contributed by atoms with E-state index in [-0.39, 0.29) is 22.1 Å². The van der Waals surface area contributed by atoms with Gasteiger partial charge < -0.3 is 10.4 Å². The van der Waals surface area contributed by atoms with Gasteiger partial charge in [-0.1, -0.05) is 12.1 Å². The number of nitro groups is 1. The summed E-state index contributed by atoms with van der Waals surface area (Å²) in [6, 6.07) is 10.2. The summed E-state index contributed by atoms with van der Waals surface area (Å²) in [5.74, 6) is -0.588. The van der Waals surface area contributed by atoms with Crippen LogP contribution in [0.2, 0.25) is 0 Å². The second-order valence-corrected chi connectivity index (χ2v) is 5.14. The molecule has 0 atom stereocenters. The number of rotatable bonds is 3. The van der Waals surface area contributed by atoms with Crippen LogP contribution in [0.15, 0.2) is 42.5 Å². The lowest BCUT2D eigenvalue weighted by Crippen LogP contribution is -2.34. The number of nitro benzene ring substituents is 1. The molecule has 2 aromatic rings. The summed E-state index contributed by atoms with van der Waals surface area (Å²) in [5, 5.41) is 25.6. The molecule has 0 aromatic heterocycles. The molecule has 0 aliphatic carbocycles. The highest BCUT2D eigenvalue weighted by molar-refractivity contribution is 7.80. The Morgan fingerprint density at radius 2 is 2.00 bits per heavy atom. The van der Waals surface area contributed by atoms with E-state index in [1.807, 2.05) is 6.92 Å². The minimum absolute atomic E-state index is 0.00283. The number of non-ortho nitro benzene ring substituents is 1. The van der Waals surface area contributed by atoms with Crippen molar-refractivity contribution in [1.29, 1.82) is 0 Å². The van der Waals surface area contributed by atoms with Gasteiger partial charge in [0.15, 0.2) is 5.11 Å². The molecule has 0 unspecified atom stereocenters. The molecule has 0 aliphatic rings. The van der Waals surface area contributed by atoms with E-state index in [1.54, 1.807) is 18.2 Å². The first kappa shape index (κ1) is 16.4. The summed E-state index contributed by atoms with van der Waals surface area (Å²) < 4.78 is 0. The monoisotopic (exact) mass is 331 g/mol. The van der Waals surface area contributed by atoms with Gasteiger partial charge in [0.05, 0.1) is 10.6 Å². The Bertz CT molecular complexity index is 792. The van der Waals surface area contributed by atoms with E-state index in [0.29, 0.717) is 5.69 Å². The van der Waals surface area contributed by atoms with Crippen LogP contribution in [0, 0.1) is 17.0 Å². The van der Waals surface area contributed by atoms with Gasteiger partial charge in [-0.15, -0.1) is 0 Å². The van der Waals surface area contributed by atoms with Crippen molar-refractivity contribution in [2.24, 2.45) is 0 Å². The van der Waals surface area contributed by atoms with Gasteiger partial charge in [0.1, 0.15) is 5.75 Å². The smallest absolute Gasteiger partial charge is 0.270 e. The summed E-state index contributed by atoms with van der Waals surface area (Å²) in [5.41, 5.74) is 1.14. The lowest BCUT2D eigenvalue weighted by molar-refractivity contribution is -0.384. The summed E-state index contributed by atoms with van der Waals surface area (Å²) in [4.78, 5) is 22.2. The first-order valence-electron chi connectivity index (χ1n) is 6.53. The number of hydrogen-bond acceptors (Lipinski definition) is 5. The molecule has 1 amide bonds. The van der Waals surface area contributed by atoms with E-state index in [1.165, 1.54) is 18.2 Å². The van der Waals surface area contributed by atoms with Gasteiger partial charge >= 0.3 is 0 Å². The van der Waals surface area contributed by atoms with Crippen molar-refractivity contribution in [3.63, 3.8) is 0 Å². The van der Waals surface area contributed by atoms with Crippen LogP contribution in [0.5, 0.6) is 5.75 Å². The lowest BCUT2D eigenvalue weighted by atomic mass is 10.2. The lowest BCUT2D eigenvalue weighted by Gasteiger charge is -2.11. The van der Waals surface area contributed by atoms with Crippen molar-refractivity contribution in [2.75, 3.05) is 5.32 Å². The third-order valence-electron chi connectivity index (χ3n) is 2.95. The van der Waals surface area contributed by atoms with Gasteiger partial charge in [0.25, 0.3) is 11.6 Å². The van der Waals surface area contributed by atoms with E-state index < -0.39 is 10.8 Å². The largest absolute Gasteiger partial charge is 0.506 e. The second kappa shape index (κ2) is 6.84. The van der Waals surface area contributed by atoms with E-state index in [9.17, 15) is 20.0 Å². The first-order valence-corrected chi connectivity index (χ1v) is 6.94. The van der Waals surface area contributed by atoms with Crippen LogP contribution in [0.4, 0.5) is 11.4 Å². The third kappa shape index (κ3) is 4.24. The highest BCUT2D eigenvalue weighted by atomic mass is 32.1. The van der Waals surface area contributed by atoms with Gasteiger partial charge in [0, 0.05) is 17.7 Å². The van der Waals surface area contributed by atoms with E-state index in [4.69, 9.17) is 12.2 Å². The molecular formula is C15H13N3O4S. The number of aryl methyl sites for hydroxylation is 1. The number of hydrogen-bond donors (Lipinski definition) is 3. The first-order chi connectivity index (χ1) is 10.9. The highest BCUT2D eigenvalue weighted by Gasteiger charge is 2.13. The van der Waals surface area contributed by atoms with E-state index >= 15 is 0 Å². The summed E-state index contributed by atoms with van der Waals surface area (Å²) in [6.45, 7) is 1.83. The fourth-order valence-corrected chi connectivity index (χ4v) is 2.04. The molecule has 3 N–H and O–H groups in total. The Labute approximate surface area is 137 Å². The number of anilines is 1. The predicted molar refractivity (Wildman–Crippen MR) is 89.6 cm³/mol. The zero-order valence-corrected chi connectivity index (χ0v) is 12.9. The van der Waals surface area contributed by atoms with Crippen molar-refractivity contribution in [3.05, 3.63) is 63.7 Å². The van der Waals surface area contributed by atoms with Crippen LogP contribution < -0.4 is 10.6 Å². The number of carbonyl (C=O) groups excluding carboxylic acids is 1. The van der Waals surface area contributed by atoms with Crippen molar-refractivity contribution < 1.29 is 14.8 Å². The maximum absolute atomic E-state index is 12.0. The zero-order chi connectivity index (χ0) is 17.0. The number of nitrogens with one attached hydrogen (secondary N) is 2. The Morgan fingerprint density at radius 1 is 1.26 bits per heavy atom. The predicted octanol–water partition coefficient (Wildman–Crippen LogP) is 2.74. The fraction of sp³-hybridized carbons (Fsp3) is 0.0667. The van der Waals surface area contributed by atoms with Crippen LogP contribution in [-0.4, -0.2) is 21.0 Å². The fourth-order valence-electron chi connectivity index (χ4n) is 1.84. The number of thiocarbonyl (C=S) groups is 1. The van der Waals surface area contributed by atoms with Gasteiger partial charge in [-0.3, -0.25) is 20.2 Å². The Hall–Kier alpha value is -3.00. The Balaban J connectivity index is 2.06. The number of nitrogens with zero attached hydrogens (tertiary/aromatic N) is 1. The SMILES string of the molecule is Cc1ccc(NC(=S)NC(=O)c2cccc([N+](=O)[O-])c2)c(O)c1. The third-order valence-corrected chi connectivity index (χ3v) is 3.15. The number of aromatic hydroxyl groups is 1. The van der Waals surface area contributed by atoms with Gasteiger partial charge in [-0.05, 0) is 42.9 Å². The minimum atomic E-state index is -0.586. The molecule has 2 aromatic carbocycles. The minimum Gasteiger partial charge on any atom is -0.506 e. The molecule has 0 bridgehead atoms. The summed E-state index contributed by atoms with van der Waals surface area (Å²) in [7, 11) is 0. The van der Waals surface area contributed by atoms with Crippen LogP contribution in [0.1, 0.15) is 15.9 Å². The average molecular weight is 331 g/mol. The summed E-state index contributed by atoms with van der Waals surface area (Å²) in [6.07, 6.45) is 0. The average Bonchev–Trinajstić information content (AvgIpc) is 2.50. The van der Waals surface area contributed by atoms with E-state index in [2.05, 4.69) is 10.6 Å². The van der Waals surface area contributed by atoms with Crippen molar-refractivity contribution >= 4 is 34.6 Å². The molecular weight excluding hydrogens is 318 g/mol. The number of benzene rings is 2. The van der Waals surface area contributed by atoms with Gasteiger partial charge in [0.2, 0.25) is 0 Å². The number of phenolic OH excluding ortho intramolecular Hbond substituents is 1. The molecule has 8 heteroatoms. The van der Waals surface area contributed by atoms with Crippen molar-refractivity contribution in [2.45, 2.75) is 6.92 Å². The Morgan fingerprint density at radius 3 is 2.65 bits per heavy atom. The quantitative estimate of drug-likeness (QED) is 0.346.